The van der Waals surface area contributed by atoms with E-state index in [1.54, 1.807) is 11.8 Å². The summed E-state index contributed by atoms with van der Waals surface area (Å²) in [6.45, 7) is 2.31. The fourth-order valence-electron chi connectivity index (χ4n) is 2.53. The van der Waals surface area contributed by atoms with Gasteiger partial charge in [-0.3, -0.25) is 4.79 Å². The minimum absolute atomic E-state index is 0.104. The maximum Gasteiger partial charge on any atom is 0.256 e. The monoisotopic (exact) mass is 309 g/mol. The molecule has 7 heteroatoms. The summed E-state index contributed by atoms with van der Waals surface area (Å²) in [6, 6.07) is 3.51. The molecular weight excluding hydrogens is 297 g/mol. The number of halogens is 2. The number of rotatable bonds is 2. The van der Waals surface area contributed by atoms with Crippen molar-refractivity contribution < 1.29 is 13.7 Å². The first-order chi connectivity index (χ1) is 10.1. The Morgan fingerprint density at radius 3 is 3.00 bits per heavy atom. The Labute approximate surface area is 125 Å². The number of amides is 1. The van der Waals surface area contributed by atoms with Crippen molar-refractivity contribution in [3.63, 3.8) is 0 Å². The second-order valence-corrected chi connectivity index (χ2v) is 5.37. The van der Waals surface area contributed by atoms with Crippen molar-refractivity contribution in [1.82, 2.24) is 15.0 Å². The molecule has 21 heavy (non-hydrogen) atoms. The van der Waals surface area contributed by atoms with Crippen LogP contribution >= 0.6 is 11.6 Å². The van der Waals surface area contributed by atoms with Crippen LogP contribution in [-0.2, 0) is 0 Å². The summed E-state index contributed by atoms with van der Waals surface area (Å²) >= 11 is 5.96. The summed E-state index contributed by atoms with van der Waals surface area (Å²) in [4.78, 5) is 18.4. The third kappa shape index (κ3) is 2.63. The Balaban J connectivity index is 1.89. The number of carbonyl (C=O) groups excluding carboxylic acids is 1. The van der Waals surface area contributed by atoms with Crippen molar-refractivity contribution in [2.24, 2.45) is 0 Å². The lowest BCUT2D eigenvalue weighted by Gasteiger charge is -2.22. The molecule has 3 rings (SSSR count). The van der Waals surface area contributed by atoms with Gasteiger partial charge in [0, 0.05) is 6.54 Å². The number of nitrogens with zero attached hydrogens (tertiary/aromatic N) is 3. The third-order valence-electron chi connectivity index (χ3n) is 3.50. The summed E-state index contributed by atoms with van der Waals surface area (Å²) in [6.07, 6.45) is 1.60. The van der Waals surface area contributed by atoms with Crippen LogP contribution < -0.4 is 0 Å². The van der Waals surface area contributed by atoms with Gasteiger partial charge in [0.05, 0.1) is 10.6 Å². The zero-order valence-electron chi connectivity index (χ0n) is 11.3. The summed E-state index contributed by atoms with van der Waals surface area (Å²) in [5.74, 6) is 0.237. The van der Waals surface area contributed by atoms with Gasteiger partial charge in [-0.15, -0.1) is 0 Å². The highest BCUT2D eigenvalue weighted by Gasteiger charge is 2.34. The Hall–Kier alpha value is -1.95. The summed E-state index contributed by atoms with van der Waals surface area (Å²) in [7, 11) is 0. The molecule has 2 aromatic rings. The van der Waals surface area contributed by atoms with Gasteiger partial charge in [0.2, 0.25) is 5.89 Å². The van der Waals surface area contributed by atoms with E-state index in [-0.39, 0.29) is 22.5 Å². The Bertz CT molecular complexity index is 689. The van der Waals surface area contributed by atoms with Crippen LogP contribution in [0.15, 0.2) is 22.7 Å². The fourth-order valence-corrected chi connectivity index (χ4v) is 2.78. The molecular formula is C14H13ClFN3O2. The van der Waals surface area contributed by atoms with Gasteiger partial charge < -0.3 is 9.42 Å². The van der Waals surface area contributed by atoms with Crippen LogP contribution in [0.2, 0.25) is 5.02 Å². The van der Waals surface area contributed by atoms with Crippen LogP contribution in [0.3, 0.4) is 0 Å². The van der Waals surface area contributed by atoms with Crippen molar-refractivity contribution in [2.45, 2.75) is 25.8 Å². The van der Waals surface area contributed by atoms with Crippen molar-refractivity contribution in [1.29, 1.82) is 0 Å². The topological polar surface area (TPSA) is 59.2 Å². The molecule has 1 atom stereocenters. The predicted molar refractivity (Wildman–Crippen MR) is 73.5 cm³/mol. The van der Waals surface area contributed by atoms with Crippen LogP contribution in [-0.4, -0.2) is 27.5 Å². The molecule has 0 aliphatic carbocycles. The zero-order chi connectivity index (χ0) is 15.0. The standard InChI is InChI=1S/C14H13ClFN3O2/c1-8-17-13(21-18-8)12-3-2-6-19(12)14(20)10-5-4-9(16)7-11(10)15/h4-5,7,12H,2-3,6H2,1H3. The first-order valence-corrected chi connectivity index (χ1v) is 7.00. The van der Waals surface area contributed by atoms with Gasteiger partial charge in [-0.1, -0.05) is 16.8 Å². The van der Waals surface area contributed by atoms with Gasteiger partial charge in [0.15, 0.2) is 5.82 Å². The second-order valence-electron chi connectivity index (χ2n) is 4.96. The van der Waals surface area contributed by atoms with E-state index >= 15 is 0 Å². The molecule has 1 aromatic heterocycles. The maximum absolute atomic E-state index is 13.1. The largest absolute Gasteiger partial charge is 0.337 e. The first kappa shape index (κ1) is 14.0. The molecule has 1 aromatic carbocycles. The van der Waals surface area contributed by atoms with E-state index in [1.807, 2.05) is 0 Å². The van der Waals surface area contributed by atoms with Crippen molar-refractivity contribution >= 4 is 17.5 Å². The lowest BCUT2D eigenvalue weighted by molar-refractivity contribution is 0.0710. The van der Waals surface area contributed by atoms with Gasteiger partial charge in [-0.25, -0.2) is 4.39 Å². The lowest BCUT2D eigenvalue weighted by atomic mass is 10.1. The molecule has 1 aliphatic rings. The molecule has 0 N–H and O–H groups in total. The van der Waals surface area contributed by atoms with Gasteiger partial charge in [-0.2, -0.15) is 4.98 Å². The van der Waals surface area contributed by atoms with Gasteiger partial charge in [0.1, 0.15) is 11.9 Å². The normalized spacial score (nSPS) is 18.2. The molecule has 1 saturated heterocycles. The summed E-state index contributed by atoms with van der Waals surface area (Å²) in [5, 5.41) is 3.86. The minimum atomic E-state index is -0.470. The van der Waals surface area contributed by atoms with Gasteiger partial charge in [-0.05, 0) is 38.0 Å². The van der Waals surface area contributed by atoms with Crippen LogP contribution in [0.5, 0.6) is 0 Å². The molecule has 0 saturated carbocycles. The number of aryl methyl sites for hydroxylation is 1. The van der Waals surface area contributed by atoms with Crippen LogP contribution in [0.4, 0.5) is 4.39 Å². The van der Waals surface area contributed by atoms with Gasteiger partial charge >= 0.3 is 0 Å². The van der Waals surface area contributed by atoms with Crippen LogP contribution in [0.25, 0.3) is 0 Å². The van der Waals surface area contributed by atoms with E-state index < -0.39 is 5.82 Å². The number of benzene rings is 1. The Kier molecular flexibility index (Phi) is 3.63. The van der Waals surface area contributed by atoms with E-state index in [9.17, 15) is 9.18 Å². The van der Waals surface area contributed by atoms with E-state index in [0.29, 0.717) is 18.3 Å². The number of hydrogen-bond acceptors (Lipinski definition) is 4. The molecule has 1 unspecified atom stereocenters. The van der Waals surface area contributed by atoms with E-state index in [1.165, 1.54) is 12.1 Å². The summed E-state index contributed by atoms with van der Waals surface area (Å²) < 4.78 is 18.3. The van der Waals surface area contributed by atoms with Crippen molar-refractivity contribution in [3.8, 4) is 0 Å². The molecule has 2 heterocycles. The minimum Gasteiger partial charge on any atom is -0.337 e. The average Bonchev–Trinajstić information content (AvgIpc) is 3.06. The molecule has 0 radical (unpaired) electrons. The Morgan fingerprint density at radius 2 is 2.33 bits per heavy atom. The number of likely N-dealkylation sites (tertiary alicyclic amines) is 1. The summed E-state index contributed by atoms with van der Waals surface area (Å²) in [5.41, 5.74) is 0.279. The zero-order valence-corrected chi connectivity index (χ0v) is 12.1. The third-order valence-corrected chi connectivity index (χ3v) is 3.82. The van der Waals surface area contributed by atoms with Gasteiger partial charge in [0.25, 0.3) is 5.91 Å². The van der Waals surface area contributed by atoms with E-state index in [0.717, 1.165) is 18.9 Å². The van der Waals surface area contributed by atoms with Crippen LogP contribution in [0, 0.1) is 12.7 Å². The number of hydrogen-bond donors (Lipinski definition) is 0. The molecule has 1 amide bonds. The number of aromatic nitrogens is 2. The average molecular weight is 310 g/mol. The van der Waals surface area contributed by atoms with Crippen molar-refractivity contribution in [3.05, 3.63) is 46.3 Å². The second kappa shape index (κ2) is 5.44. The molecule has 5 nitrogen and oxygen atoms in total. The maximum atomic E-state index is 13.1. The smallest absolute Gasteiger partial charge is 0.256 e. The molecule has 0 spiro atoms. The molecule has 0 bridgehead atoms. The highest BCUT2D eigenvalue weighted by molar-refractivity contribution is 6.33. The highest BCUT2D eigenvalue weighted by atomic mass is 35.5. The van der Waals surface area contributed by atoms with E-state index in [2.05, 4.69) is 10.1 Å². The SMILES string of the molecule is Cc1noc(C2CCCN2C(=O)c2ccc(F)cc2Cl)n1. The molecule has 1 fully saturated rings. The lowest BCUT2D eigenvalue weighted by Crippen LogP contribution is -2.31. The fraction of sp³-hybridized carbons (Fsp3) is 0.357. The highest BCUT2D eigenvalue weighted by Crippen LogP contribution is 2.33. The van der Waals surface area contributed by atoms with Crippen LogP contribution in [0.1, 0.15) is 41.0 Å². The molecule has 110 valence electrons. The van der Waals surface area contributed by atoms with Crippen molar-refractivity contribution in [2.75, 3.05) is 6.54 Å². The molecule has 1 aliphatic heterocycles. The predicted octanol–water partition coefficient (Wildman–Crippen LogP) is 3.15. The van der Waals surface area contributed by atoms with E-state index in [4.69, 9.17) is 16.1 Å². The first-order valence-electron chi connectivity index (χ1n) is 6.62. The quantitative estimate of drug-likeness (QED) is 0.855. The Morgan fingerprint density at radius 1 is 1.52 bits per heavy atom. The number of carbonyl (C=O) groups is 1.